The first-order chi connectivity index (χ1) is 16.6. The molecule has 35 heavy (non-hydrogen) atoms. The molecule has 3 heterocycles. The fraction of sp³-hybridized carbons (Fsp3) is 0.385. The van der Waals surface area contributed by atoms with E-state index in [9.17, 15) is 18.0 Å². The number of rotatable bonds is 5. The van der Waals surface area contributed by atoms with Crippen LogP contribution in [0.5, 0.6) is 0 Å². The number of nitrogens with zero attached hydrogens (tertiary/aromatic N) is 4. The van der Waals surface area contributed by atoms with Gasteiger partial charge in [0.2, 0.25) is 0 Å². The van der Waals surface area contributed by atoms with Crippen LogP contribution in [0.2, 0.25) is 0 Å². The number of amides is 1. The third-order valence-electron chi connectivity index (χ3n) is 6.84. The molecule has 0 bridgehead atoms. The number of alkyl halides is 3. The van der Waals surface area contributed by atoms with Crippen molar-refractivity contribution in [3.63, 3.8) is 0 Å². The Kier molecular flexibility index (Phi) is 5.73. The highest BCUT2D eigenvalue weighted by Crippen LogP contribution is 2.55. The van der Waals surface area contributed by atoms with Crippen LogP contribution in [0, 0.1) is 19.3 Å². The van der Waals surface area contributed by atoms with Crippen LogP contribution in [0.1, 0.15) is 46.4 Å². The standard InChI is InChI=1S/C26H26F3N5O/c1-16-4-5-20(23-30-8-3-9-31-23)21(10-16)24(35)34-15-25(6-7-25)13-19(34)14-32-22-12-18(26(27,28)29)11-17(2)33-22/h3-5,8-12,19H,6-7,13-15H2,1-2H3,(H,32,33). The Labute approximate surface area is 201 Å². The number of anilines is 1. The van der Waals surface area contributed by atoms with Crippen LogP contribution in [0.25, 0.3) is 11.4 Å². The van der Waals surface area contributed by atoms with Gasteiger partial charge in [-0.05, 0) is 62.8 Å². The molecule has 2 aromatic heterocycles. The molecule has 182 valence electrons. The van der Waals surface area contributed by atoms with E-state index >= 15 is 0 Å². The van der Waals surface area contributed by atoms with Crippen molar-refractivity contribution in [3.8, 4) is 11.4 Å². The number of carbonyl (C=O) groups is 1. The summed E-state index contributed by atoms with van der Waals surface area (Å²) in [6.45, 7) is 4.43. The molecule has 2 aliphatic rings. The maximum absolute atomic E-state index is 13.8. The third-order valence-corrected chi connectivity index (χ3v) is 6.84. The minimum absolute atomic E-state index is 0.104. The quantitative estimate of drug-likeness (QED) is 0.537. The highest BCUT2D eigenvalue weighted by Gasteiger charge is 2.53. The van der Waals surface area contributed by atoms with E-state index in [2.05, 4.69) is 20.3 Å². The summed E-state index contributed by atoms with van der Waals surface area (Å²) < 4.78 is 39.7. The van der Waals surface area contributed by atoms with Gasteiger partial charge in [0.25, 0.3) is 5.91 Å². The van der Waals surface area contributed by atoms with E-state index < -0.39 is 11.7 Å². The van der Waals surface area contributed by atoms with Gasteiger partial charge in [-0.3, -0.25) is 4.79 Å². The Morgan fingerprint density at radius 1 is 1.14 bits per heavy atom. The van der Waals surface area contributed by atoms with Gasteiger partial charge in [0.05, 0.1) is 11.1 Å². The Morgan fingerprint density at radius 3 is 2.57 bits per heavy atom. The molecule has 1 aromatic carbocycles. The van der Waals surface area contributed by atoms with E-state index in [4.69, 9.17) is 0 Å². The van der Waals surface area contributed by atoms with Gasteiger partial charge >= 0.3 is 6.18 Å². The SMILES string of the molecule is Cc1ccc(-c2ncccn2)c(C(=O)N2CC3(CC3)CC2CNc2cc(C(F)(F)F)cc(C)n2)c1. The largest absolute Gasteiger partial charge is 0.416 e. The first-order valence-electron chi connectivity index (χ1n) is 11.6. The van der Waals surface area contributed by atoms with Crippen LogP contribution in [0.15, 0.2) is 48.8 Å². The van der Waals surface area contributed by atoms with Crippen LogP contribution in [-0.2, 0) is 6.18 Å². The summed E-state index contributed by atoms with van der Waals surface area (Å²) in [5.41, 5.74) is 1.80. The number of pyridine rings is 1. The smallest absolute Gasteiger partial charge is 0.368 e. The minimum atomic E-state index is -4.45. The maximum atomic E-state index is 13.8. The summed E-state index contributed by atoms with van der Waals surface area (Å²) in [5.74, 6) is 0.532. The lowest BCUT2D eigenvalue weighted by molar-refractivity contribution is -0.137. The van der Waals surface area contributed by atoms with E-state index in [0.29, 0.717) is 30.0 Å². The number of benzene rings is 1. The Hall–Kier alpha value is -3.49. The van der Waals surface area contributed by atoms with Gasteiger partial charge in [0.15, 0.2) is 5.82 Å². The van der Waals surface area contributed by atoms with Crippen molar-refractivity contribution in [1.82, 2.24) is 19.9 Å². The van der Waals surface area contributed by atoms with E-state index in [1.54, 1.807) is 18.5 Å². The van der Waals surface area contributed by atoms with Gasteiger partial charge in [-0.1, -0.05) is 17.7 Å². The van der Waals surface area contributed by atoms with Crippen molar-refractivity contribution >= 4 is 11.7 Å². The summed E-state index contributed by atoms with van der Waals surface area (Å²) in [6.07, 6.45) is 1.75. The topological polar surface area (TPSA) is 71.0 Å². The molecule has 2 fully saturated rings. The average Bonchev–Trinajstić information content (AvgIpc) is 3.48. The van der Waals surface area contributed by atoms with Gasteiger partial charge in [0.1, 0.15) is 5.82 Å². The van der Waals surface area contributed by atoms with Crippen molar-refractivity contribution < 1.29 is 18.0 Å². The summed E-state index contributed by atoms with van der Waals surface area (Å²) in [4.78, 5) is 28.6. The Balaban J connectivity index is 1.41. The predicted octanol–water partition coefficient (Wildman–Crippen LogP) is 5.28. The number of carbonyl (C=O) groups excluding carboxylic acids is 1. The number of likely N-dealkylation sites (tertiary alicyclic amines) is 1. The maximum Gasteiger partial charge on any atom is 0.416 e. The lowest BCUT2D eigenvalue weighted by Gasteiger charge is -2.26. The molecule has 1 saturated carbocycles. The Morgan fingerprint density at radius 2 is 1.89 bits per heavy atom. The van der Waals surface area contributed by atoms with E-state index in [1.165, 1.54) is 6.92 Å². The third kappa shape index (κ3) is 4.85. The molecule has 3 aromatic rings. The fourth-order valence-electron chi connectivity index (χ4n) is 4.89. The number of hydrogen-bond donors (Lipinski definition) is 1. The zero-order valence-electron chi connectivity index (χ0n) is 19.6. The van der Waals surface area contributed by atoms with Crippen LogP contribution in [0.3, 0.4) is 0 Å². The first kappa shape index (κ1) is 23.3. The second kappa shape index (κ2) is 8.62. The molecule has 0 radical (unpaired) electrons. The van der Waals surface area contributed by atoms with Crippen molar-refractivity contribution in [3.05, 3.63) is 71.2 Å². The van der Waals surface area contributed by atoms with E-state index in [-0.39, 0.29) is 28.9 Å². The average molecular weight is 482 g/mol. The van der Waals surface area contributed by atoms with Crippen molar-refractivity contribution in [2.45, 2.75) is 45.3 Å². The summed E-state index contributed by atoms with van der Waals surface area (Å²) in [7, 11) is 0. The van der Waals surface area contributed by atoms with E-state index in [1.807, 2.05) is 30.0 Å². The van der Waals surface area contributed by atoms with Crippen molar-refractivity contribution in [1.29, 1.82) is 0 Å². The number of halogens is 3. The van der Waals surface area contributed by atoms with Crippen molar-refractivity contribution in [2.24, 2.45) is 5.41 Å². The lowest BCUT2D eigenvalue weighted by Crippen LogP contribution is -2.40. The van der Waals surface area contributed by atoms with Gasteiger partial charge in [0, 0.05) is 42.8 Å². The molecule has 1 aliphatic carbocycles. The molecule has 1 atom stereocenters. The van der Waals surface area contributed by atoms with Gasteiger partial charge in [-0.15, -0.1) is 0 Å². The number of aromatic nitrogens is 3. The summed E-state index contributed by atoms with van der Waals surface area (Å²) in [6, 6.07) is 9.26. The monoisotopic (exact) mass is 481 g/mol. The zero-order chi connectivity index (χ0) is 24.8. The summed E-state index contributed by atoms with van der Waals surface area (Å²) >= 11 is 0. The predicted molar refractivity (Wildman–Crippen MR) is 126 cm³/mol. The molecule has 6 nitrogen and oxygen atoms in total. The lowest BCUT2D eigenvalue weighted by atomic mass is 10.0. The molecule has 5 rings (SSSR count). The first-order valence-corrected chi connectivity index (χ1v) is 11.6. The molecular weight excluding hydrogens is 455 g/mol. The molecule has 1 saturated heterocycles. The van der Waals surface area contributed by atoms with E-state index in [0.717, 1.165) is 37.0 Å². The second-order valence-corrected chi connectivity index (χ2v) is 9.67. The van der Waals surface area contributed by atoms with Crippen LogP contribution < -0.4 is 5.32 Å². The molecule has 9 heteroatoms. The zero-order valence-corrected chi connectivity index (χ0v) is 19.6. The van der Waals surface area contributed by atoms with Crippen molar-refractivity contribution in [2.75, 3.05) is 18.4 Å². The fourth-order valence-corrected chi connectivity index (χ4v) is 4.89. The molecule has 1 aliphatic heterocycles. The summed E-state index contributed by atoms with van der Waals surface area (Å²) in [5, 5.41) is 3.07. The van der Waals surface area contributed by atoms with Crippen LogP contribution in [-0.4, -0.2) is 44.9 Å². The molecule has 1 spiro atoms. The highest BCUT2D eigenvalue weighted by molar-refractivity contribution is 6.00. The minimum Gasteiger partial charge on any atom is -0.368 e. The van der Waals surface area contributed by atoms with Gasteiger partial charge < -0.3 is 10.2 Å². The molecular formula is C26H26F3N5O. The van der Waals surface area contributed by atoms with Gasteiger partial charge in [-0.2, -0.15) is 13.2 Å². The normalized spacial score (nSPS) is 18.7. The number of aryl methyl sites for hydroxylation is 2. The molecule has 1 N–H and O–H groups in total. The van der Waals surface area contributed by atoms with Crippen LogP contribution >= 0.6 is 0 Å². The van der Waals surface area contributed by atoms with Crippen LogP contribution in [0.4, 0.5) is 19.0 Å². The molecule has 1 unspecified atom stereocenters. The Bertz CT molecular complexity index is 1260. The number of hydrogen-bond acceptors (Lipinski definition) is 5. The molecule has 1 amide bonds. The second-order valence-electron chi connectivity index (χ2n) is 9.67. The van der Waals surface area contributed by atoms with Gasteiger partial charge in [-0.25, -0.2) is 15.0 Å². The number of nitrogens with one attached hydrogen (secondary N) is 1. The highest BCUT2D eigenvalue weighted by atomic mass is 19.4.